The second kappa shape index (κ2) is 4.78. The first kappa shape index (κ1) is 11.0. The van der Waals surface area contributed by atoms with Gasteiger partial charge < -0.3 is 10.4 Å². The van der Waals surface area contributed by atoms with Gasteiger partial charge in [-0.3, -0.25) is 4.79 Å². The van der Waals surface area contributed by atoms with Gasteiger partial charge in [0.15, 0.2) is 0 Å². The first-order valence-electron chi connectivity index (χ1n) is 3.83. The molecule has 0 aromatic rings. The minimum absolute atomic E-state index is 0.0450. The second-order valence-electron chi connectivity index (χ2n) is 3.48. The molecule has 0 atom stereocenters. The maximum absolute atomic E-state index is 10.9. The summed E-state index contributed by atoms with van der Waals surface area (Å²) in [6.07, 6.45) is 5.04. The van der Waals surface area contributed by atoms with Crippen LogP contribution in [0.5, 0.6) is 0 Å². The summed E-state index contributed by atoms with van der Waals surface area (Å²) in [5.74, 6) is 2.08. The number of aliphatic hydroxyl groups is 1. The van der Waals surface area contributed by atoms with Gasteiger partial charge in [0.05, 0.1) is 6.42 Å². The molecule has 0 bridgehead atoms. The predicted octanol–water partition coefficient (Wildman–Crippen LogP) is 0.144. The van der Waals surface area contributed by atoms with Crippen LogP contribution in [0.15, 0.2) is 0 Å². The third-order valence-corrected chi connectivity index (χ3v) is 1.45. The van der Waals surface area contributed by atoms with Gasteiger partial charge >= 0.3 is 0 Å². The van der Waals surface area contributed by atoms with Gasteiger partial charge in [-0.1, -0.05) is 19.8 Å². The van der Waals surface area contributed by atoms with Crippen LogP contribution in [0.1, 0.15) is 20.3 Å². The lowest BCUT2D eigenvalue weighted by Gasteiger charge is -2.21. The molecule has 3 nitrogen and oxygen atoms in total. The highest BCUT2D eigenvalue weighted by Gasteiger charge is 2.16. The van der Waals surface area contributed by atoms with E-state index in [1.165, 1.54) is 0 Å². The fourth-order valence-corrected chi connectivity index (χ4v) is 0.549. The van der Waals surface area contributed by atoms with Crippen LogP contribution in [0.4, 0.5) is 0 Å². The molecule has 0 radical (unpaired) electrons. The Hall–Kier alpha value is -1.01. The highest BCUT2D eigenvalue weighted by atomic mass is 16.3. The first-order valence-corrected chi connectivity index (χ1v) is 3.83. The second-order valence-corrected chi connectivity index (χ2v) is 3.48. The third-order valence-electron chi connectivity index (χ3n) is 1.45. The van der Waals surface area contributed by atoms with E-state index in [-0.39, 0.29) is 24.3 Å². The molecule has 1 amide bonds. The quantitative estimate of drug-likeness (QED) is 0.588. The van der Waals surface area contributed by atoms with Crippen molar-refractivity contribution in [3.63, 3.8) is 0 Å². The molecule has 0 saturated heterocycles. The van der Waals surface area contributed by atoms with Crippen LogP contribution in [-0.4, -0.2) is 24.2 Å². The topological polar surface area (TPSA) is 49.3 Å². The van der Waals surface area contributed by atoms with E-state index in [1.54, 1.807) is 0 Å². The number of terminal acetylenes is 1. The van der Waals surface area contributed by atoms with Crippen LogP contribution in [0, 0.1) is 17.8 Å². The minimum atomic E-state index is -0.274. The molecule has 0 aromatic heterocycles. The molecule has 0 heterocycles. The molecule has 3 heteroatoms. The van der Waals surface area contributed by atoms with Crippen molar-refractivity contribution in [1.82, 2.24) is 5.32 Å². The van der Waals surface area contributed by atoms with Crippen molar-refractivity contribution < 1.29 is 9.90 Å². The molecule has 0 fully saturated rings. The molecule has 0 aliphatic rings. The van der Waals surface area contributed by atoms with Crippen molar-refractivity contribution in [2.24, 2.45) is 5.41 Å². The van der Waals surface area contributed by atoms with Gasteiger partial charge in [-0.25, -0.2) is 0 Å². The number of carbonyl (C=O) groups excluding carboxylic acids is 1. The lowest BCUT2D eigenvalue weighted by Crippen LogP contribution is -2.35. The molecule has 0 unspecified atom stereocenters. The van der Waals surface area contributed by atoms with Crippen molar-refractivity contribution in [3.8, 4) is 12.3 Å². The Morgan fingerprint density at radius 2 is 2.25 bits per heavy atom. The summed E-state index contributed by atoms with van der Waals surface area (Å²) < 4.78 is 0. The normalized spacial score (nSPS) is 10.5. The van der Waals surface area contributed by atoms with Crippen molar-refractivity contribution in [1.29, 1.82) is 0 Å². The van der Waals surface area contributed by atoms with Crippen LogP contribution in [-0.2, 0) is 4.79 Å². The average molecular weight is 169 g/mol. The molecular weight excluding hydrogens is 154 g/mol. The number of amides is 1. The highest BCUT2D eigenvalue weighted by Crippen LogP contribution is 2.10. The molecule has 12 heavy (non-hydrogen) atoms. The Bertz CT molecular complexity index is 191. The number of hydrogen-bond acceptors (Lipinski definition) is 2. The molecule has 0 aliphatic carbocycles. The van der Waals surface area contributed by atoms with Crippen LogP contribution in [0.3, 0.4) is 0 Å². The Kier molecular flexibility index (Phi) is 4.38. The monoisotopic (exact) mass is 169 g/mol. The van der Waals surface area contributed by atoms with E-state index in [0.29, 0.717) is 6.54 Å². The summed E-state index contributed by atoms with van der Waals surface area (Å²) in [6, 6.07) is 0. The van der Waals surface area contributed by atoms with E-state index in [1.807, 2.05) is 13.8 Å². The third kappa shape index (κ3) is 4.75. The minimum Gasteiger partial charge on any atom is -0.396 e. The summed E-state index contributed by atoms with van der Waals surface area (Å²) in [4.78, 5) is 10.9. The van der Waals surface area contributed by atoms with Gasteiger partial charge in [0.2, 0.25) is 5.91 Å². The molecule has 2 N–H and O–H groups in total. The number of rotatable bonds is 4. The molecule has 0 spiro atoms. The van der Waals surface area contributed by atoms with E-state index in [4.69, 9.17) is 11.5 Å². The van der Waals surface area contributed by atoms with Crippen molar-refractivity contribution in [2.75, 3.05) is 13.2 Å². The van der Waals surface area contributed by atoms with E-state index in [9.17, 15) is 4.79 Å². The van der Waals surface area contributed by atoms with Crippen molar-refractivity contribution in [2.45, 2.75) is 20.3 Å². The largest absolute Gasteiger partial charge is 0.396 e. The fourth-order valence-electron chi connectivity index (χ4n) is 0.549. The zero-order valence-electron chi connectivity index (χ0n) is 7.55. The number of hydrogen-bond donors (Lipinski definition) is 2. The summed E-state index contributed by atoms with van der Waals surface area (Å²) in [5.41, 5.74) is -0.274. The maximum atomic E-state index is 10.9. The Morgan fingerprint density at radius 1 is 1.67 bits per heavy atom. The lowest BCUT2D eigenvalue weighted by atomic mass is 9.95. The van der Waals surface area contributed by atoms with E-state index < -0.39 is 0 Å². The summed E-state index contributed by atoms with van der Waals surface area (Å²) in [6.45, 7) is 4.22. The van der Waals surface area contributed by atoms with Gasteiger partial charge in [0, 0.05) is 18.6 Å². The Morgan fingerprint density at radius 3 is 2.67 bits per heavy atom. The van der Waals surface area contributed by atoms with Crippen LogP contribution < -0.4 is 5.32 Å². The molecule has 68 valence electrons. The molecule has 0 aliphatic heterocycles. The smallest absolute Gasteiger partial charge is 0.232 e. The zero-order chi connectivity index (χ0) is 9.61. The van der Waals surface area contributed by atoms with Gasteiger partial charge in [-0.2, -0.15) is 0 Å². The summed E-state index contributed by atoms with van der Waals surface area (Å²) in [7, 11) is 0. The Balaban J connectivity index is 3.69. The summed E-state index contributed by atoms with van der Waals surface area (Å²) >= 11 is 0. The lowest BCUT2D eigenvalue weighted by molar-refractivity contribution is -0.120. The zero-order valence-corrected chi connectivity index (χ0v) is 7.55. The highest BCUT2D eigenvalue weighted by molar-refractivity contribution is 5.78. The van der Waals surface area contributed by atoms with Crippen LogP contribution in [0.2, 0.25) is 0 Å². The molecule has 0 rings (SSSR count). The Labute approximate surface area is 73.2 Å². The number of aliphatic hydroxyl groups excluding tert-OH is 1. The molecule has 0 saturated carbocycles. The van der Waals surface area contributed by atoms with Crippen LogP contribution >= 0.6 is 0 Å². The SMILES string of the molecule is C#CCC(=O)NCC(C)(C)CO. The van der Waals surface area contributed by atoms with Crippen LogP contribution in [0.25, 0.3) is 0 Å². The van der Waals surface area contributed by atoms with E-state index in [0.717, 1.165) is 0 Å². The van der Waals surface area contributed by atoms with Gasteiger partial charge in [0.25, 0.3) is 0 Å². The average Bonchev–Trinajstić information content (AvgIpc) is 2.02. The number of carbonyl (C=O) groups is 1. The number of nitrogens with one attached hydrogen (secondary N) is 1. The van der Waals surface area contributed by atoms with E-state index in [2.05, 4.69) is 11.2 Å². The molecular formula is C9H15NO2. The van der Waals surface area contributed by atoms with Gasteiger partial charge in [-0.15, -0.1) is 6.42 Å². The first-order chi connectivity index (χ1) is 5.52. The van der Waals surface area contributed by atoms with Gasteiger partial charge in [0.1, 0.15) is 0 Å². The van der Waals surface area contributed by atoms with Crippen molar-refractivity contribution >= 4 is 5.91 Å². The predicted molar refractivity (Wildman–Crippen MR) is 47.3 cm³/mol. The maximum Gasteiger partial charge on any atom is 0.232 e. The van der Waals surface area contributed by atoms with Crippen molar-refractivity contribution in [3.05, 3.63) is 0 Å². The summed E-state index contributed by atoms with van der Waals surface area (Å²) in [5, 5.41) is 11.5. The molecule has 0 aromatic carbocycles. The van der Waals surface area contributed by atoms with Gasteiger partial charge in [-0.05, 0) is 0 Å². The fraction of sp³-hybridized carbons (Fsp3) is 0.667. The van der Waals surface area contributed by atoms with E-state index >= 15 is 0 Å². The standard InChI is InChI=1S/C9H15NO2/c1-4-5-8(12)10-6-9(2,3)7-11/h1,11H,5-7H2,2-3H3,(H,10,12).